The van der Waals surface area contributed by atoms with E-state index < -0.39 is 0 Å². The van der Waals surface area contributed by atoms with Gasteiger partial charge in [0, 0.05) is 33.5 Å². The molecular formula is C16H29N3O2. The quantitative estimate of drug-likeness (QED) is 0.633. The lowest BCUT2D eigenvalue weighted by Gasteiger charge is -2.29. The van der Waals surface area contributed by atoms with Crippen molar-refractivity contribution in [2.24, 2.45) is 0 Å². The molecule has 0 aliphatic rings. The third kappa shape index (κ3) is 6.42. The van der Waals surface area contributed by atoms with Gasteiger partial charge in [-0.25, -0.2) is 4.98 Å². The molecule has 0 saturated heterocycles. The summed E-state index contributed by atoms with van der Waals surface area (Å²) in [4.78, 5) is 6.81. The molecule has 0 saturated carbocycles. The zero-order chi connectivity index (χ0) is 15.5. The van der Waals surface area contributed by atoms with Crippen LogP contribution in [0.15, 0.2) is 18.3 Å². The van der Waals surface area contributed by atoms with Gasteiger partial charge in [0.05, 0.1) is 19.3 Å². The number of rotatable bonds is 11. The third-order valence-corrected chi connectivity index (χ3v) is 3.34. The van der Waals surface area contributed by atoms with Gasteiger partial charge in [-0.15, -0.1) is 0 Å². The maximum absolute atomic E-state index is 5.25. The first-order valence-corrected chi connectivity index (χ1v) is 7.63. The van der Waals surface area contributed by atoms with Crippen LogP contribution in [0.25, 0.3) is 0 Å². The van der Waals surface area contributed by atoms with E-state index in [1.54, 1.807) is 14.2 Å². The molecule has 1 aromatic heterocycles. The molecule has 0 spiro atoms. The molecule has 1 aromatic rings. The Morgan fingerprint density at radius 1 is 1.29 bits per heavy atom. The molecule has 5 nitrogen and oxygen atoms in total. The number of nitrogens with one attached hydrogen (secondary N) is 1. The molecule has 1 atom stereocenters. The normalized spacial score (nSPS) is 12.4. The molecule has 1 N–H and O–H groups in total. The number of pyridine rings is 1. The van der Waals surface area contributed by atoms with Crippen LogP contribution in [0.4, 0.5) is 5.82 Å². The van der Waals surface area contributed by atoms with Crippen molar-refractivity contribution < 1.29 is 9.47 Å². The predicted molar refractivity (Wildman–Crippen MR) is 86.8 cm³/mol. The molecule has 0 radical (unpaired) electrons. The highest BCUT2D eigenvalue weighted by Crippen LogP contribution is 2.15. The maximum atomic E-state index is 5.25. The standard InChI is InChI=1S/C16H29N3O2/c1-5-8-17-11-15-6-7-16(18-12-15)19(9-10-20-3)14(2)13-21-4/h6-7,12,14,17H,5,8-11,13H2,1-4H3. The van der Waals surface area contributed by atoms with Crippen LogP contribution in [0.3, 0.4) is 0 Å². The number of aromatic nitrogens is 1. The van der Waals surface area contributed by atoms with Crippen molar-refractivity contribution in [2.45, 2.75) is 32.9 Å². The van der Waals surface area contributed by atoms with Gasteiger partial charge in [0.2, 0.25) is 0 Å². The van der Waals surface area contributed by atoms with Gasteiger partial charge in [-0.3, -0.25) is 0 Å². The van der Waals surface area contributed by atoms with Crippen LogP contribution in [0, 0.1) is 0 Å². The van der Waals surface area contributed by atoms with Crippen LogP contribution >= 0.6 is 0 Å². The highest BCUT2D eigenvalue weighted by atomic mass is 16.5. The molecule has 0 aliphatic heterocycles. The summed E-state index contributed by atoms with van der Waals surface area (Å²) in [5.41, 5.74) is 1.21. The minimum absolute atomic E-state index is 0.265. The van der Waals surface area contributed by atoms with Crippen LogP contribution in [-0.2, 0) is 16.0 Å². The average Bonchev–Trinajstić information content (AvgIpc) is 2.49. The molecule has 21 heavy (non-hydrogen) atoms. The summed E-state index contributed by atoms with van der Waals surface area (Å²) < 4.78 is 10.4. The number of hydrogen-bond donors (Lipinski definition) is 1. The molecule has 0 aromatic carbocycles. The van der Waals surface area contributed by atoms with Crippen LogP contribution in [-0.4, -0.2) is 51.5 Å². The topological polar surface area (TPSA) is 46.6 Å². The van der Waals surface area contributed by atoms with E-state index in [0.717, 1.165) is 31.9 Å². The van der Waals surface area contributed by atoms with E-state index >= 15 is 0 Å². The van der Waals surface area contributed by atoms with Gasteiger partial charge in [0.15, 0.2) is 0 Å². The second kappa shape index (κ2) is 10.5. The zero-order valence-corrected chi connectivity index (χ0v) is 13.8. The molecule has 0 fully saturated rings. The lowest BCUT2D eigenvalue weighted by atomic mass is 10.2. The van der Waals surface area contributed by atoms with Crippen molar-refractivity contribution >= 4 is 5.82 Å². The van der Waals surface area contributed by atoms with Crippen LogP contribution in [0.1, 0.15) is 25.8 Å². The first-order chi connectivity index (χ1) is 10.2. The smallest absolute Gasteiger partial charge is 0.128 e. The number of methoxy groups -OCH3 is 2. The number of nitrogens with zero attached hydrogens (tertiary/aromatic N) is 2. The van der Waals surface area contributed by atoms with Crippen molar-refractivity contribution in [3.05, 3.63) is 23.9 Å². The van der Waals surface area contributed by atoms with Gasteiger partial charge in [-0.05, 0) is 31.5 Å². The van der Waals surface area contributed by atoms with Crippen molar-refractivity contribution in [1.29, 1.82) is 0 Å². The van der Waals surface area contributed by atoms with Gasteiger partial charge in [-0.1, -0.05) is 13.0 Å². The maximum Gasteiger partial charge on any atom is 0.128 e. The molecule has 0 bridgehead atoms. The monoisotopic (exact) mass is 295 g/mol. The average molecular weight is 295 g/mol. The summed E-state index contributed by atoms with van der Waals surface area (Å²) in [6.45, 7) is 8.36. The molecule has 5 heteroatoms. The number of hydrogen-bond acceptors (Lipinski definition) is 5. The molecule has 120 valence electrons. The van der Waals surface area contributed by atoms with Gasteiger partial charge < -0.3 is 19.7 Å². The lowest BCUT2D eigenvalue weighted by Crippen LogP contribution is -2.39. The van der Waals surface area contributed by atoms with Gasteiger partial charge in [0.1, 0.15) is 5.82 Å². The molecule has 1 rings (SSSR count). The Morgan fingerprint density at radius 2 is 2.10 bits per heavy atom. The highest BCUT2D eigenvalue weighted by molar-refractivity contribution is 5.40. The number of ether oxygens (including phenoxy) is 2. The van der Waals surface area contributed by atoms with E-state index in [-0.39, 0.29) is 6.04 Å². The van der Waals surface area contributed by atoms with E-state index in [1.807, 2.05) is 6.20 Å². The fourth-order valence-electron chi connectivity index (χ4n) is 2.18. The Morgan fingerprint density at radius 3 is 2.67 bits per heavy atom. The third-order valence-electron chi connectivity index (χ3n) is 3.34. The molecule has 1 heterocycles. The van der Waals surface area contributed by atoms with Crippen molar-refractivity contribution in [3.8, 4) is 0 Å². The van der Waals surface area contributed by atoms with Crippen molar-refractivity contribution in [3.63, 3.8) is 0 Å². The first-order valence-electron chi connectivity index (χ1n) is 7.63. The summed E-state index contributed by atoms with van der Waals surface area (Å²) in [6, 6.07) is 4.47. The minimum Gasteiger partial charge on any atom is -0.383 e. The Balaban J connectivity index is 2.68. The molecule has 0 amide bonds. The summed E-state index contributed by atoms with van der Waals surface area (Å²) in [6.07, 6.45) is 3.09. The molecule has 1 unspecified atom stereocenters. The molecular weight excluding hydrogens is 266 g/mol. The second-order valence-electron chi connectivity index (χ2n) is 5.19. The van der Waals surface area contributed by atoms with Crippen LogP contribution in [0.2, 0.25) is 0 Å². The fourth-order valence-corrected chi connectivity index (χ4v) is 2.18. The summed E-state index contributed by atoms with van der Waals surface area (Å²) in [5, 5.41) is 3.38. The van der Waals surface area contributed by atoms with E-state index in [9.17, 15) is 0 Å². The Hall–Kier alpha value is -1.17. The Kier molecular flexibility index (Phi) is 8.98. The second-order valence-corrected chi connectivity index (χ2v) is 5.19. The SMILES string of the molecule is CCCNCc1ccc(N(CCOC)C(C)COC)nc1. The van der Waals surface area contributed by atoms with Gasteiger partial charge in [0.25, 0.3) is 0 Å². The van der Waals surface area contributed by atoms with Crippen LogP contribution < -0.4 is 10.2 Å². The van der Waals surface area contributed by atoms with E-state index in [4.69, 9.17) is 9.47 Å². The predicted octanol–water partition coefficient (Wildman–Crippen LogP) is 2.07. The van der Waals surface area contributed by atoms with Crippen LogP contribution in [0.5, 0.6) is 0 Å². The molecule has 0 aliphatic carbocycles. The summed E-state index contributed by atoms with van der Waals surface area (Å²) >= 11 is 0. The fraction of sp³-hybridized carbons (Fsp3) is 0.688. The summed E-state index contributed by atoms with van der Waals surface area (Å²) in [5.74, 6) is 0.968. The van der Waals surface area contributed by atoms with E-state index in [0.29, 0.717) is 13.2 Å². The van der Waals surface area contributed by atoms with Gasteiger partial charge in [-0.2, -0.15) is 0 Å². The minimum atomic E-state index is 0.265. The van der Waals surface area contributed by atoms with Gasteiger partial charge >= 0.3 is 0 Å². The number of anilines is 1. The largest absolute Gasteiger partial charge is 0.383 e. The Labute approximate surface area is 128 Å². The van der Waals surface area contributed by atoms with Crippen molar-refractivity contribution in [1.82, 2.24) is 10.3 Å². The van der Waals surface area contributed by atoms with E-state index in [2.05, 4.69) is 41.2 Å². The summed E-state index contributed by atoms with van der Waals surface area (Å²) in [7, 11) is 3.44. The lowest BCUT2D eigenvalue weighted by molar-refractivity contribution is 0.170. The first kappa shape index (κ1) is 17.9. The van der Waals surface area contributed by atoms with E-state index in [1.165, 1.54) is 5.56 Å². The zero-order valence-electron chi connectivity index (χ0n) is 13.8. The Bertz CT molecular complexity index is 370. The highest BCUT2D eigenvalue weighted by Gasteiger charge is 2.15. The van der Waals surface area contributed by atoms with Crippen molar-refractivity contribution in [2.75, 3.05) is 45.4 Å².